The summed E-state index contributed by atoms with van der Waals surface area (Å²) in [5.74, 6) is -0.319. The van der Waals surface area contributed by atoms with Gasteiger partial charge in [-0.15, -0.1) is 0 Å². The average Bonchev–Trinajstić information content (AvgIpc) is 2.14. The number of nitrogens with zero attached hydrogens (tertiary/aromatic N) is 1. The Bertz CT molecular complexity index is 440. The second-order valence-corrected chi connectivity index (χ2v) is 7.05. The number of hydrogen-bond acceptors (Lipinski definition) is 1. The highest BCUT2D eigenvalue weighted by Gasteiger charge is 2.18. The minimum atomic E-state index is -1.30. The van der Waals surface area contributed by atoms with Crippen LogP contribution in [0.5, 0.6) is 0 Å². The lowest BCUT2D eigenvalue weighted by Gasteiger charge is -2.12. The Morgan fingerprint density at radius 3 is 2.56 bits per heavy atom. The van der Waals surface area contributed by atoms with Crippen LogP contribution in [-0.2, 0) is 11.0 Å². The second-order valence-electron chi connectivity index (χ2n) is 4.26. The van der Waals surface area contributed by atoms with Crippen LogP contribution in [0.25, 0.3) is 0 Å². The fourth-order valence-electron chi connectivity index (χ4n) is 0.869. The molecule has 5 heteroatoms. The maximum atomic E-state index is 12.8. The van der Waals surface area contributed by atoms with Gasteiger partial charge in [0, 0.05) is 16.3 Å². The van der Waals surface area contributed by atoms with Crippen LogP contribution in [0.15, 0.2) is 27.1 Å². The molecule has 1 unspecified atom stereocenters. The lowest BCUT2D eigenvalue weighted by atomic mass is 10.2. The van der Waals surface area contributed by atoms with Gasteiger partial charge >= 0.3 is 0 Å². The molecule has 1 rings (SSSR count). The Labute approximate surface area is 106 Å². The zero-order chi connectivity index (χ0) is 12.3. The summed E-state index contributed by atoms with van der Waals surface area (Å²) in [6.07, 6.45) is 1.49. The standard InChI is InChI=1S/C11H13BrFNOS/c1-11(2,3)16(15)14-7-8-4-5-9(13)6-10(8)12/h4-7H,1-3H3/b14-7+. The lowest BCUT2D eigenvalue weighted by molar-refractivity contribution is 0.627. The van der Waals surface area contributed by atoms with E-state index in [9.17, 15) is 8.60 Å². The van der Waals surface area contributed by atoms with E-state index in [1.807, 2.05) is 20.8 Å². The van der Waals surface area contributed by atoms with Crippen molar-refractivity contribution in [2.24, 2.45) is 4.40 Å². The number of halogens is 2. The van der Waals surface area contributed by atoms with Crippen LogP contribution in [0.4, 0.5) is 4.39 Å². The number of hydrogen-bond donors (Lipinski definition) is 0. The van der Waals surface area contributed by atoms with Gasteiger partial charge in [0.1, 0.15) is 16.8 Å². The highest BCUT2D eigenvalue weighted by molar-refractivity contribution is 9.10. The van der Waals surface area contributed by atoms with E-state index in [-0.39, 0.29) is 10.6 Å². The van der Waals surface area contributed by atoms with Crippen LogP contribution in [0.1, 0.15) is 26.3 Å². The maximum absolute atomic E-state index is 12.8. The summed E-state index contributed by atoms with van der Waals surface area (Å²) in [5, 5.41) is 0. The molecule has 0 aliphatic heterocycles. The topological polar surface area (TPSA) is 29.4 Å². The molecule has 0 saturated carbocycles. The molecule has 0 spiro atoms. The van der Waals surface area contributed by atoms with Gasteiger partial charge in [-0.1, -0.05) is 15.9 Å². The molecule has 2 nitrogen and oxygen atoms in total. The first-order valence-corrected chi connectivity index (χ1v) is 6.62. The van der Waals surface area contributed by atoms with Crippen molar-refractivity contribution in [1.82, 2.24) is 0 Å². The summed E-state index contributed by atoms with van der Waals surface area (Å²) in [6.45, 7) is 5.54. The van der Waals surface area contributed by atoms with Gasteiger partial charge in [0.15, 0.2) is 0 Å². The summed E-state index contributed by atoms with van der Waals surface area (Å²) in [6, 6.07) is 4.27. The van der Waals surface area contributed by atoms with Crippen molar-refractivity contribution in [3.63, 3.8) is 0 Å². The van der Waals surface area contributed by atoms with Crippen molar-refractivity contribution in [1.29, 1.82) is 0 Å². The van der Waals surface area contributed by atoms with E-state index in [2.05, 4.69) is 20.3 Å². The third-order valence-corrected chi connectivity index (χ3v) is 3.81. The highest BCUT2D eigenvalue weighted by atomic mass is 79.9. The van der Waals surface area contributed by atoms with Crippen molar-refractivity contribution < 1.29 is 8.60 Å². The summed E-state index contributed by atoms with van der Waals surface area (Å²) in [5.41, 5.74) is 0.707. The fourth-order valence-corrected chi connectivity index (χ4v) is 1.85. The summed E-state index contributed by atoms with van der Waals surface area (Å²) in [4.78, 5) is 0. The van der Waals surface area contributed by atoms with Crippen LogP contribution in [0, 0.1) is 5.82 Å². The monoisotopic (exact) mass is 305 g/mol. The molecule has 0 amide bonds. The van der Waals surface area contributed by atoms with E-state index in [0.717, 1.165) is 0 Å². The predicted octanol–water partition coefficient (Wildman–Crippen LogP) is 3.47. The molecule has 0 heterocycles. The second kappa shape index (κ2) is 5.19. The normalized spacial score (nSPS) is 14.3. The Morgan fingerprint density at radius 1 is 1.44 bits per heavy atom. The maximum Gasteiger partial charge on any atom is 0.144 e. The first-order valence-electron chi connectivity index (χ1n) is 4.72. The Hall–Kier alpha value is -0.550. The largest absolute Gasteiger partial charge is 0.234 e. The van der Waals surface area contributed by atoms with Crippen molar-refractivity contribution in [3.05, 3.63) is 34.1 Å². The average molecular weight is 306 g/mol. The molecular weight excluding hydrogens is 293 g/mol. The number of benzene rings is 1. The third kappa shape index (κ3) is 3.79. The molecule has 1 aromatic rings. The van der Waals surface area contributed by atoms with E-state index in [4.69, 9.17) is 0 Å². The Morgan fingerprint density at radius 2 is 2.06 bits per heavy atom. The molecule has 0 radical (unpaired) electrons. The van der Waals surface area contributed by atoms with E-state index < -0.39 is 11.0 Å². The van der Waals surface area contributed by atoms with Crippen LogP contribution < -0.4 is 0 Å². The molecule has 1 aromatic carbocycles. The zero-order valence-corrected chi connectivity index (χ0v) is 11.7. The van der Waals surface area contributed by atoms with Gasteiger partial charge in [0.2, 0.25) is 0 Å². The van der Waals surface area contributed by atoms with Gasteiger partial charge < -0.3 is 0 Å². The highest BCUT2D eigenvalue weighted by Crippen LogP contribution is 2.17. The van der Waals surface area contributed by atoms with Crippen molar-refractivity contribution in [2.75, 3.05) is 0 Å². The van der Waals surface area contributed by atoms with Gasteiger partial charge in [-0.25, -0.2) is 8.60 Å². The molecule has 0 aliphatic rings. The van der Waals surface area contributed by atoms with Crippen LogP contribution >= 0.6 is 15.9 Å². The van der Waals surface area contributed by atoms with Gasteiger partial charge in [0.05, 0.1) is 4.75 Å². The smallest absolute Gasteiger partial charge is 0.144 e. The molecule has 16 heavy (non-hydrogen) atoms. The third-order valence-electron chi connectivity index (χ3n) is 1.77. The minimum Gasteiger partial charge on any atom is -0.234 e. The Balaban J connectivity index is 2.89. The summed E-state index contributed by atoms with van der Waals surface area (Å²) in [7, 11) is -1.30. The molecule has 0 aliphatic carbocycles. The first-order chi connectivity index (χ1) is 7.30. The molecule has 0 N–H and O–H groups in total. The molecule has 88 valence electrons. The molecular formula is C11H13BrFNOS. The summed E-state index contributed by atoms with van der Waals surface area (Å²) < 4.78 is 28.6. The summed E-state index contributed by atoms with van der Waals surface area (Å²) >= 11 is 3.22. The fraction of sp³-hybridized carbons (Fsp3) is 0.364. The quantitative estimate of drug-likeness (QED) is 0.769. The molecule has 0 fully saturated rings. The first kappa shape index (κ1) is 13.5. The van der Waals surface area contributed by atoms with Crippen molar-refractivity contribution in [3.8, 4) is 0 Å². The van der Waals surface area contributed by atoms with Crippen LogP contribution in [0.3, 0.4) is 0 Å². The zero-order valence-electron chi connectivity index (χ0n) is 9.33. The molecule has 1 atom stereocenters. The van der Waals surface area contributed by atoms with Gasteiger partial charge in [-0.05, 0) is 39.0 Å². The van der Waals surface area contributed by atoms with Gasteiger partial charge in [-0.2, -0.15) is 4.40 Å². The molecule has 0 saturated heterocycles. The van der Waals surface area contributed by atoms with E-state index >= 15 is 0 Å². The van der Waals surface area contributed by atoms with Gasteiger partial charge in [0.25, 0.3) is 0 Å². The van der Waals surface area contributed by atoms with Crippen LogP contribution in [-0.4, -0.2) is 15.2 Å². The SMILES string of the molecule is CC(C)(C)S(=O)/N=C/c1ccc(F)cc1Br. The predicted molar refractivity (Wildman–Crippen MR) is 69.6 cm³/mol. The van der Waals surface area contributed by atoms with E-state index in [1.165, 1.54) is 18.3 Å². The van der Waals surface area contributed by atoms with Crippen LogP contribution in [0.2, 0.25) is 0 Å². The van der Waals surface area contributed by atoms with E-state index in [0.29, 0.717) is 10.0 Å². The van der Waals surface area contributed by atoms with Crippen molar-refractivity contribution >= 4 is 33.1 Å². The lowest BCUT2D eigenvalue weighted by Crippen LogP contribution is -2.19. The number of rotatable bonds is 2. The minimum absolute atomic E-state index is 0.319. The van der Waals surface area contributed by atoms with Gasteiger partial charge in [-0.3, -0.25) is 0 Å². The molecule has 0 bridgehead atoms. The molecule has 0 aromatic heterocycles. The van der Waals surface area contributed by atoms with E-state index in [1.54, 1.807) is 6.07 Å². The Kier molecular flexibility index (Phi) is 4.38. The van der Waals surface area contributed by atoms with Crippen molar-refractivity contribution in [2.45, 2.75) is 25.5 Å².